The number of aromatic amines is 1. The minimum atomic E-state index is -0.261. The number of rotatable bonds is 5. The molecular weight excluding hydrogens is 296 g/mol. The maximum atomic E-state index is 12.0. The first kappa shape index (κ1) is 15.0. The molecule has 0 unspecified atom stereocenters. The fourth-order valence-electron chi connectivity index (χ4n) is 2.24. The lowest BCUT2D eigenvalue weighted by Crippen LogP contribution is -2.25. The third-order valence-electron chi connectivity index (χ3n) is 3.39. The first-order valence-corrected chi connectivity index (χ1v) is 7.27. The van der Waals surface area contributed by atoms with Crippen LogP contribution in [0.1, 0.15) is 23.7 Å². The summed E-state index contributed by atoms with van der Waals surface area (Å²) >= 11 is 0. The Balaban J connectivity index is 1.60. The highest BCUT2D eigenvalue weighted by atomic mass is 16.3. The van der Waals surface area contributed by atoms with E-state index in [9.17, 15) is 9.59 Å². The molecular formula is C16H16N4O3. The number of carbonyl (C=O) groups is 1. The van der Waals surface area contributed by atoms with Crippen molar-refractivity contribution < 1.29 is 9.21 Å². The van der Waals surface area contributed by atoms with Gasteiger partial charge in [0, 0.05) is 19.8 Å². The summed E-state index contributed by atoms with van der Waals surface area (Å²) in [6, 6.07) is 7.30. The molecule has 2 heterocycles. The molecule has 7 heteroatoms. The molecule has 2 N–H and O–H groups in total. The van der Waals surface area contributed by atoms with Gasteiger partial charge < -0.3 is 14.7 Å². The third kappa shape index (κ3) is 3.63. The summed E-state index contributed by atoms with van der Waals surface area (Å²) in [6.45, 7) is 2.04. The topological polar surface area (TPSA) is 101 Å². The number of para-hydroxylation sites is 2. The lowest BCUT2D eigenvalue weighted by molar-refractivity contribution is -0.121. The van der Waals surface area contributed by atoms with Crippen LogP contribution in [0.5, 0.6) is 0 Å². The average molecular weight is 312 g/mol. The molecule has 23 heavy (non-hydrogen) atoms. The lowest BCUT2D eigenvalue weighted by atomic mass is 10.2. The molecule has 0 spiro atoms. The summed E-state index contributed by atoms with van der Waals surface area (Å²) in [6.07, 6.45) is 1.97. The normalized spacial score (nSPS) is 10.8. The molecule has 0 aliphatic rings. The number of carbonyl (C=O) groups excluding carboxylic acids is 1. The molecule has 0 fully saturated rings. The number of H-pyrrole nitrogens is 1. The van der Waals surface area contributed by atoms with Crippen molar-refractivity contribution in [2.45, 2.75) is 26.3 Å². The van der Waals surface area contributed by atoms with Crippen LogP contribution < -0.4 is 10.9 Å². The van der Waals surface area contributed by atoms with Crippen LogP contribution in [0.15, 0.2) is 39.7 Å². The second-order valence-corrected chi connectivity index (χ2v) is 5.16. The lowest BCUT2D eigenvalue weighted by Gasteiger charge is -2.04. The molecule has 0 atom stereocenters. The summed E-state index contributed by atoms with van der Waals surface area (Å²) in [7, 11) is 0. The Morgan fingerprint density at radius 1 is 1.30 bits per heavy atom. The van der Waals surface area contributed by atoms with Crippen molar-refractivity contribution in [2.75, 3.05) is 0 Å². The SMILES string of the molecule is Cc1nc(CNC(=O)CCc2nc3ccccc3[nH]c2=O)co1. The number of hydrogen-bond donors (Lipinski definition) is 2. The maximum Gasteiger partial charge on any atom is 0.270 e. The number of oxazole rings is 1. The molecule has 0 bridgehead atoms. The van der Waals surface area contributed by atoms with E-state index in [4.69, 9.17) is 4.42 Å². The summed E-state index contributed by atoms with van der Waals surface area (Å²) in [5.41, 5.74) is 2.16. The monoisotopic (exact) mass is 312 g/mol. The van der Waals surface area contributed by atoms with E-state index in [0.717, 1.165) is 0 Å². The van der Waals surface area contributed by atoms with Crippen molar-refractivity contribution in [3.05, 3.63) is 58.2 Å². The Hall–Kier alpha value is -2.96. The Morgan fingerprint density at radius 3 is 2.91 bits per heavy atom. The second-order valence-electron chi connectivity index (χ2n) is 5.16. The van der Waals surface area contributed by atoms with Gasteiger partial charge in [-0.3, -0.25) is 9.59 Å². The maximum absolute atomic E-state index is 12.0. The molecule has 0 aliphatic heterocycles. The second kappa shape index (κ2) is 6.43. The molecule has 1 amide bonds. The number of amides is 1. The van der Waals surface area contributed by atoms with E-state index in [2.05, 4.69) is 20.3 Å². The Bertz CT molecular complexity index is 897. The smallest absolute Gasteiger partial charge is 0.270 e. The predicted octanol–water partition coefficient (Wildman–Crippen LogP) is 1.47. The van der Waals surface area contributed by atoms with Gasteiger partial charge in [-0.1, -0.05) is 12.1 Å². The summed E-state index contributed by atoms with van der Waals surface area (Å²) < 4.78 is 5.06. The van der Waals surface area contributed by atoms with Crippen LogP contribution in [0.4, 0.5) is 0 Å². The van der Waals surface area contributed by atoms with Crippen LogP contribution in [0.25, 0.3) is 11.0 Å². The van der Waals surface area contributed by atoms with Gasteiger partial charge in [-0.2, -0.15) is 0 Å². The molecule has 7 nitrogen and oxygen atoms in total. The van der Waals surface area contributed by atoms with Crippen molar-refractivity contribution in [1.29, 1.82) is 0 Å². The third-order valence-corrected chi connectivity index (χ3v) is 3.39. The van der Waals surface area contributed by atoms with E-state index in [1.807, 2.05) is 18.2 Å². The van der Waals surface area contributed by atoms with E-state index in [1.54, 1.807) is 13.0 Å². The van der Waals surface area contributed by atoms with Crippen molar-refractivity contribution in [3.8, 4) is 0 Å². The van der Waals surface area contributed by atoms with E-state index in [0.29, 0.717) is 34.9 Å². The van der Waals surface area contributed by atoms with Gasteiger partial charge in [-0.15, -0.1) is 0 Å². The molecule has 0 aliphatic carbocycles. The number of fused-ring (bicyclic) bond motifs is 1. The highest BCUT2D eigenvalue weighted by Crippen LogP contribution is 2.07. The fraction of sp³-hybridized carbons (Fsp3) is 0.250. The molecule has 118 valence electrons. The van der Waals surface area contributed by atoms with Crippen molar-refractivity contribution >= 4 is 16.9 Å². The van der Waals surface area contributed by atoms with Crippen LogP contribution in [0.3, 0.4) is 0 Å². The minimum Gasteiger partial charge on any atom is -0.449 e. The van der Waals surface area contributed by atoms with Crippen molar-refractivity contribution in [1.82, 2.24) is 20.3 Å². The standard InChI is InChI=1S/C16H16N4O3/c1-10-18-11(9-23-10)8-17-15(21)7-6-14-16(22)20-13-5-3-2-4-12(13)19-14/h2-5,9H,6-8H2,1H3,(H,17,21)(H,20,22). The molecule has 1 aromatic carbocycles. The summed E-state index contributed by atoms with van der Waals surface area (Å²) in [4.78, 5) is 35.0. The number of nitrogens with one attached hydrogen (secondary N) is 2. The largest absolute Gasteiger partial charge is 0.449 e. The fourth-order valence-corrected chi connectivity index (χ4v) is 2.24. The van der Waals surface area contributed by atoms with Crippen molar-refractivity contribution in [2.24, 2.45) is 0 Å². The van der Waals surface area contributed by atoms with Gasteiger partial charge in [0.2, 0.25) is 5.91 Å². The van der Waals surface area contributed by atoms with Gasteiger partial charge >= 0.3 is 0 Å². The Morgan fingerprint density at radius 2 is 2.13 bits per heavy atom. The summed E-state index contributed by atoms with van der Waals surface area (Å²) in [5, 5.41) is 2.74. The average Bonchev–Trinajstić information content (AvgIpc) is 2.96. The quantitative estimate of drug-likeness (QED) is 0.743. The van der Waals surface area contributed by atoms with Gasteiger partial charge in [-0.25, -0.2) is 9.97 Å². The van der Waals surface area contributed by atoms with E-state index >= 15 is 0 Å². The molecule has 2 aromatic heterocycles. The predicted molar refractivity (Wildman–Crippen MR) is 83.8 cm³/mol. The van der Waals surface area contributed by atoms with Crippen LogP contribution in [0, 0.1) is 6.92 Å². The molecule has 3 rings (SSSR count). The van der Waals surface area contributed by atoms with Gasteiger partial charge in [0.25, 0.3) is 5.56 Å². The number of aromatic nitrogens is 3. The van der Waals surface area contributed by atoms with E-state index in [1.165, 1.54) is 6.26 Å². The van der Waals surface area contributed by atoms with E-state index < -0.39 is 0 Å². The number of nitrogens with zero attached hydrogens (tertiary/aromatic N) is 2. The molecule has 0 radical (unpaired) electrons. The number of hydrogen-bond acceptors (Lipinski definition) is 5. The highest BCUT2D eigenvalue weighted by Gasteiger charge is 2.09. The summed E-state index contributed by atoms with van der Waals surface area (Å²) in [5.74, 6) is 0.390. The van der Waals surface area contributed by atoms with Crippen molar-refractivity contribution in [3.63, 3.8) is 0 Å². The zero-order valence-corrected chi connectivity index (χ0v) is 12.6. The highest BCUT2D eigenvalue weighted by molar-refractivity contribution is 5.76. The first-order valence-electron chi connectivity index (χ1n) is 7.27. The van der Waals surface area contributed by atoms with Gasteiger partial charge in [0.1, 0.15) is 12.0 Å². The Labute approximate surface area is 131 Å². The van der Waals surface area contributed by atoms with Gasteiger partial charge in [0.15, 0.2) is 5.89 Å². The molecule has 3 aromatic rings. The van der Waals surface area contributed by atoms with Gasteiger partial charge in [0.05, 0.1) is 23.3 Å². The number of aryl methyl sites for hydroxylation is 2. The van der Waals surface area contributed by atoms with E-state index in [-0.39, 0.29) is 24.3 Å². The van der Waals surface area contributed by atoms with Crippen LogP contribution in [-0.2, 0) is 17.8 Å². The number of benzene rings is 1. The van der Waals surface area contributed by atoms with Crippen LogP contribution in [0.2, 0.25) is 0 Å². The molecule has 0 saturated heterocycles. The Kier molecular flexibility index (Phi) is 4.18. The molecule has 0 saturated carbocycles. The minimum absolute atomic E-state index is 0.167. The van der Waals surface area contributed by atoms with Crippen LogP contribution in [-0.4, -0.2) is 20.9 Å². The zero-order valence-electron chi connectivity index (χ0n) is 12.6. The first-order chi connectivity index (χ1) is 11.1. The van der Waals surface area contributed by atoms with Crippen LogP contribution >= 0.6 is 0 Å². The van der Waals surface area contributed by atoms with Gasteiger partial charge in [-0.05, 0) is 12.1 Å². The zero-order chi connectivity index (χ0) is 16.2.